The van der Waals surface area contributed by atoms with Gasteiger partial charge in [-0.3, -0.25) is 20.3 Å². The molecule has 0 amide bonds. The van der Waals surface area contributed by atoms with Crippen molar-refractivity contribution in [2.24, 2.45) is 10.9 Å². The number of carbonyl (C=O) groups is 1. The van der Waals surface area contributed by atoms with Crippen LogP contribution in [0, 0.1) is 10.8 Å². The zero-order chi connectivity index (χ0) is 41.4. The molecule has 3 aliphatic heterocycles. The van der Waals surface area contributed by atoms with Crippen LogP contribution in [0.2, 0.25) is 0 Å². The summed E-state index contributed by atoms with van der Waals surface area (Å²) >= 11 is 2.85. The molecule has 3 aromatic rings. The second-order valence-corrected chi connectivity index (χ2v) is 17.2. The van der Waals surface area contributed by atoms with Gasteiger partial charge in [0.25, 0.3) is 10.2 Å². The molecule has 0 radical (unpaired) electrons. The van der Waals surface area contributed by atoms with Crippen LogP contribution in [-0.2, 0) is 22.4 Å². The van der Waals surface area contributed by atoms with Gasteiger partial charge in [-0.2, -0.15) is 20.2 Å². The number of aliphatic hydroxyl groups excluding tert-OH is 1. The number of hydrogen-bond acceptors (Lipinski definition) is 14. The third-order valence-electron chi connectivity index (χ3n) is 8.44. The molecule has 3 aliphatic rings. The number of carbonyl (C=O) groups excluding carboxylic acids is 1. The minimum atomic E-state index is -3.86. The summed E-state index contributed by atoms with van der Waals surface area (Å²) in [5.74, 6) is 3.56. The SMILES string of the molecule is C=C(C)[C@H]1Cc2c(ccc3c2O[C@@H]2COc4cc(OC)c(OC)cc4[C@@H]2C3=O)O1.C[N+](C)(C)CCO.N=C(N)Nc1nc(CSCCC(=N)NS(N)(=O)=O)cs1. The van der Waals surface area contributed by atoms with E-state index in [9.17, 15) is 13.2 Å². The van der Waals surface area contributed by atoms with E-state index in [2.05, 4.69) is 38.0 Å². The van der Waals surface area contributed by atoms with Gasteiger partial charge < -0.3 is 44.3 Å². The molecule has 17 nitrogen and oxygen atoms in total. The van der Waals surface area contributed by atoms with Crippen LogP contribution >= 0.6 is 23.1 Å². The van der Waals surface area contributed by atoms with Gasteiger partial charge in [0.2, 0.25) is 0 Å². The summed E-state index contributed by atoms with van der Waals surface area (Å²) < 4.78 is 53.1. The van der Waals surface area contributed by atoms with Crippen molar-refractivity contribution in [2.45, 2.75) is 43.6 Å². The largest absolute Gasteiger partial charge is 0.493 e. The molecule has 0 aliphatic carbocycles. The highest BCUT2D eigenvalue weighted by Crippen LogP contribution is 2.49. The van der Waals surface area contributed by atoms with E-state index in [0.29, 0.717) is 51.6 Å². The Balaban J connectivity index is 0.000000224. The third-order valence-corrected chi connectivity index (χ3v) is 10.8. The summed E-state index contributed by atoms with van der Waals surface area (Å²) in [6.45, 7) is 7.34. The standard InChI is InChI=1S/C23H22O6.C8H15N7O2S3.C5H14NO/c1-11(2)16-8-14-15(28-16)6-5-12-22(24)21-13-7-18(25-3)19(26-4)9-17(13)27-10-20(21)29-23(12)14;9-6(15-20(12,16)17)1-2-18-3-5-4-19-8(13-5)14-7(10)11;1-6(2,3)4-5-7/h5-7,9,16,20-21H,1,8,10H2,2-4H3;4H,1-3H2,(H2,9,15)(H2,12,16,17)(H4,10,11,13,14);7H,4-5H2,1-3H3/q;;+1/t16-,20-,21+;;/m1../s1. The fourth-order valence-electron chi connectivity index (χ4n) is 5.76. The molecule has 56 heavy (non-hydrogen) atoms. The van der Waals surface area contributed by atoms with Crippen LogP contribution in [-0.4, -0.2) is 114 Å². The van der Waals surface area contributed by atoms with Crippen molar-refractivity contribution < 1.29 is 46.5 Å². The highest BCUT2D eigenvalue weighted by atomic mass is 32.2. The molecule has 0 unspecified atom stereocenters. The minimum Gasteiger partial charge on any atom is -0.493 e. The van der Waals surface area contributed by atoms with Crippen LogP contribution < -0.4 is 44.6 Å². The number of rotatable bonds is 12. The fourth-order valence-corrected chi connectivity index (χ4v) is 7.88. The van der Waals surface area contributed by atoms with Crippen molar-refractivity contribution in [1.29, 1.82) is 10.8 Å². The molecular weight excluding hydrogens is 785 g/mol. The Morgan fingerprint density at radius 1 is 1.16 bits per heavy atom. The number of quaternary nitrogens is 1. The van der Waals surface area contributed by atoms with Crippen LogP contribution in [0.3, 0.4) is 0 Å². The summed E-state index contributed by atoms with van der Waals surface area (Å²) in [5.41, 5.74) is 9.23. The van der Waals surface area contributed by atoms with E-state index in [0.717, 1.165) is 39.2 Å². The van der Waals surface area contributed by atoms with Gasteiger partial charge in [-0.05, 0) is 30.7 Å². The third kappa shape index (κ3) is 12.0. The maximum Gasteiger partial charge on any atom is 0.297 e. The second kappa shape index (κ2) is 19.0. The number of ether oxygens (including phenoxy) is 5. The Labute approximate surface area is 335 Å². The summed E-state index contributed by atoms with van der Waals surface area (Å²) in [6.07, 6.45) is 0.425. The van der Waals surface area contributed by atoms with Gasteiger partial charge in [-0.25, -0.2) is 10.1 Å². The van der Waals surface area contributed by atoms with E-state index in [4.69, 9.17) is 50.5 Å². The number of methoxy groups -OCH3 is 2. The average Bonchev–Trinajstić information content (AvgIpc) is 3.76. The zero-order valence-electron chi connectivity index (χ0n) is 32.3. The molecule has 0 saturated carbocycles. The lowest BCUT2D eigenvalue weighted by atomic mass is 9.81. The Morgan fingerprint density at radius 2 is 1.86 bits per heavy atom. The molecule has 0 fully saturated rings. The van der Waals surface area contributed by atoms with Gasteiger partial charge >= 0.3 is 0 Å². The summed E-state index contributed by atoms with van der Waals surface area (Å²) in [4.78, 5) is 17.7. The maximum atomic E-state index is 13.5. The normalized spacial score (nSPS) is 17.6. The topological polar surface area (TPSA) is 254 Å². The first kappa shape index (κ1) is 44.1. The number of anilines is 1. The van der Waals surface area contributed by atoms with Gasteiger partial charge in [-0.15, -0.1) is 11.3 Å². The highest BCUT2D eigenvalue weighted by molar-refractivity contribution is 7.98. The van der Waals surface area contributed by atoms with Crippen molar-refractivity contribution >= 4 is 56.0 Å². The Morgan fingerprint density at radius 3 is 2.45 bits per heavy atom. The van der Waals surface area contributed by atoms with Gasteiger partial charge in [0.15, 0.2) is 28.4 Å². The molecule has 9 N–H and O–H groups in total. The number of nitrogens with zero attached hydrogens (tertiary/aromatic N) is 2. The summed E-state index contributed by atoms with van der Waals surface area (Å²) in [7, 11) is 5.44. The first-order chi connectivity index (χ1) is 26.3. The molecule has 306 valence electrons. The quantitative estimate of drug-likeness (QED) is 0.0456. The number of nitrogens with two attached hydrogens (primary N) is 2. The van der Waals surface area contributed by atoms with Gasteiger partial charge in [0.1, 0.15) is 48.4 Å². The van der Waals surface area contributed by atoms with Crippen LogP contribution in [0.15, 0.2) is 41.8 Å². The number of Topliss-reactive ketones (excluding diaryl/α,β-unsaturated/α-hetero) is 1. The Hall–Kier alpha value is -4.60. The summed E-state index contributed by atoms with van der Waals surface area (Å²) in [5, 5.41) is 32.5. The first-order valence-corrected chi connectivity index (χ1v) is 20.9. The molecule has 3 atom stereocenters. The zero-order valence-corrected chi connectivity index (χ0v) is 34.7. The molecule has 4 heterocycles. The Kier molecular flexibility index (Phi) is 15.0. The van der Waals surface area contributed by atoms with Crippen molar-refractivity contribution in [3.05, 3.63) is 64.2 Å². The number of thiazole rings is 1. The molecule has 0 spiro atoms. The molecule has 0 bridgehead atoms. The monoisotopic (exact) mass is 835 g/mol. The molecule has 20 heteroatoms. The van der Waals surface area contributed by atoms with Crippen LogP contribution in [0.5, 0.6) is 28.7 Å². The van der Waals surface area contributed by atoms with E-state index in [1.165, 1.54) is 23.1 Å². The van der Waals surface area contributed by atoms with E-state index in [1.807, 2.05) is 29.2 Å². The van der Waals surface area contributed by atoms with E-state index in [-0.39, 0.29) is 43.3 Å². The lowest BCUT2D eigenvalue weighted by molar-refractivity contribution is -0.870. The minimum absolute atomic E-state index is 0.0228. The van der Waals surface area contributed by atoms with Crippen LogP contribution in [0.25, 0.3) is 0 Å². The maximum absolute atomic E-state index is 13.5. The molecule has 1 aromatic heterocycles. The van der Waals surface area contributed by atoms with Crippen LogP contribution in [0.4, 0.5) is 5.13 Å². The average molecular weight is 836 g/mol. The lowest BCUT2D eigenvalue weighted by Crippen LogP contribution is -2.43. The van der Waals surface area contributed by atoms with Crippen molar-refractivity contribution in [1.82, 2.24) is 9.71 Å². The second-order valence-electron chi connectivity index (χ2n) is 14.0. The number of nitrogens with one attached hydrogen (secondary N) is 4. The number of thioether (sulfide) groups is 1. The van der Waals surface area contributed by atoms with Gasteiger partial charge in [0, 0.05) is 46.9 Å². The van der Waals surface area contributed by atoms with Gasteiger partial charge in [-0.1, -0.05) is 6.58 Å². The van der Waals surface area contributed by atoms with Gasteiger partial charge in [0.05, 0.1) is 59.1 Å². The van der Waals surface area contributed by atoms with Crippen molar-refractivity contribution in [3.63, 3.8) is 0 Å². The predicted molar refractivity (Wildman–Crippen MR) is 218 cm³/mol. The summed E-state index contributed by atoms with van der Waals surface area (Å²) in [6, 6.07) is 7.23. The Bertz CT molecular complexity index is 2040. The van der Waals surface area contributed by atoms with Crippen molar-refractivity contribution in [3.8, 4) is 28.7 Å². The number of fused-ring (bicyclic) bond motifs is 6. The number of likely N-dealkylation sites (N-methyl/N-ethyl adjacent to an activating group) is 1. The lowest BCUT2D eigenvalue weighted by Gasteiger charge is -2.37. The smallest absolute Gasteiger partial charge is 0.297 e. The van der Waals surface area contributed by atoms with Crippen molar-refractivity contribution in [2.75, 3.05) is 66.2 Å². The van der Waals surface area contributed by atoms with E-state index in [1.54, 1.807) is 26.4 Å². The molecule has 6 rings (SSSR count). The first-order valence-electron chi connectivity index (χ1n) is 17.3. The predicted octanol–water partition coefficient (Wildman–Crippen LogP) is 3.23. The number of aliphatic hydroxyl groups is 1. The van der Waals surface area contributed by atoms with Crippen LogP contribution in [0.1, 0.15) is 46.4 Å². The molecule has 2 aromatic carbocycles. The molecular formula is C36H51N8O9S3+. The molecule has 0 saturated heterocycles. The highest BCUT2D eigenvalue weighted by Gasteiger charge is 2.45. The number of ketones is 1. The van der Waals surface area contributed by atoms with E-state index < -0.39 is 22.2 Å². The number of guanidine groups is 1. The number of benzene rings is 2. The number of hydrogen-bond donors (Lipinski definition) is 7. The van der Waals surface area contributed by atoms with E-state index >= 15 is 0 Å². The number of amidine groups is 1. The number of aromatic nitrogens is 1. The fraction of sp³-hybridized carbons (Fsp3) is 0.444.